The first kappa shape index (κ1) is 9.50. The molecule has 1 N–H and O–H groups in total. The highest BCUT2D eigenvalue weighted by atomic mass is 15.2. The van der Waals surface area contributed by atoms with E-state index in [0.717, 1.165) is 13.1 Å². The lowest BCUT2D eigenvalue weighted by Gasteiger charge is -2.33. The molecular weight excluding hydrogens is 150 g/mol. The van der Waals surface area contributed by atoms with E-state index in [1.807, 2.05) is 14.0 Å². The lowest BCUT2D eigenvalue weighted by molar-refractivity contribution is 0.181. The first-order chi connectivity index (χ1) is 5.77. The van der Waals surface area contributed by atoms with Crippen LogP contribution >= 0.6 is 0 Å². The Morgan fingerprint density at radius 2 is 2.08 bits per heavy atom. The average molecular weight is 167 g/mol. The van der Waals surface area contributed by atoms with Gasteiger partial charge in [-0.2, -0.15) is 5.26 Å². The summed E-state index contributed by atoms with van der Waals surface area (Å²) in [7, 11) is 2.01. The van der Waals surface area contributed by atoms with Crippen LogP contribution in [0.15, 0.2) is 0 Å². The van der Waals surface area contributed by atoms with Gasteiger partial charge in [0.2, 0.25) is 0 Å². The topological polar surface area (TPSA) is 39.1 Å². The van der Waals surface area contributed by atoms with Crippen molar-refractivity contribution in [2.24, 2.45) is 0 Å². The van der Waals surface area contributed by atoms with Gasteiger partial charge < -0.3 is 5.32 Å². The predicted octanol–water partition coefficient (Wildman–Crippen LogP) is 0.582. The van der Waals surface area contributed by atoms with Gasteiger partial charge in [-0.05, 0) is 26.8 Å². The molecule has 1 fully saturated rings. The van der Waals surface area contributed by atoms with Crippen molar-refractivity contribution < 1.29 is 0 Å². The first-order valence-electron chi connectivity index (χ1n) is 4.59. The standard InChI is InChI=1S/C9H17N3/c1-8(7-10)12-5-3-9(11-2)4-6-12/h8-9,11H,3-6H2,1-2H3. The maximum Gasteiger partial charge on any atom is 0.0949 e. The minimum atomic E-state index is 0.0859. The van der Waals surface area contributed by atoms with E-state index in [-0.39, 0.29) is 6.04 Å². The van der Waals surface area contributed by atoms with E-state index in [4.69, 9.17) is 5.26 Å². The highest BCUT2D eigenvalue weighted by Gasteiger charge is 2.20. The Morgan fingerprint density at radius 3 is 2.50 bits per heavy atom. The molecule has 12 heavy (non-hydrogen) atoms. The van der Waals surface area contributed by atoms with Crippen LogP contribution in [-0.4, -0.2) is 37.1 Å². The SMILES string of the molecule is CNC1CCN(C(C)C#N)CC1. The average Bonchev–Trinajstić information content (AvgIpc) is 2.17. The van der Waals surface area contributed by atoms with Crippen LogP contribution < -0.4 is 5.32 Å². The van der Waals surface area contributed by atoms with E-state index in [2.05, 4.69) is 16.3 Å². The Bertz CT molecular complexity index is 165. The summed E-state index contributed by atoms with van der Waals surface area (Å²) in [5.41, 5.74) is 0. The Kier molecular flexibility index (Phi) is 3.51. The molecule has 1 aliphatic rings. The normalized spacial score (nSPS) is 23.4. The number of rotatable bonds is 2. The Labute approximate surface area is 74.4 Å². The van der Waals surface area contributed by atoms with Crippen LogP contribution in [-0.2, 0) is 0 Å². The van der Waals surface area contributed by atoms with Gasteiger partial charge in [-0.25, -0.2) is 0 Å². The molecule has 1 aliphatic heterocycles. The molecule has 0 aromatic carbocycles. The van der Waals surface area contributed by atoms with Crippen LogP contribution in [0.25, 0.3) is 0 Å². The summed E-state index contributed by atoms with van der Waals surface area (Å²) in [6.07, 6.45) is 2.34. The van der Waals surface area contributed by atoms with Crippen LogP contribution in [0, 0.1) is 11.3 Å². The van der Waals surface area contributed by atoms with Gasteiger partial charge in [0.05, 0.1) is 12.1 Å². The fourth-order valence-corrected chi connectivity index (χ4v) is 1.66. The van der Waals surface area contributed by atoms with E-state index < -0.39 is 0 Å². The Hall–Kier alpha value is -0.590. The maximum absolute atomic E-state index is 8.70. The smallest absolute Gasteiger partial charge is 0.0949 e. The summed E-state index contributed by atoms with van der Waals surface area (Å²) >= 11 is 0. The van der Waals surface area contributed by atoms with Crippen LogP contribution in [0.2, 0.25) is 0 Å². The molecule has 0 bridgehead atoms. The second-order valence-electron chi connectivity index (χ2n) is 3.40. The molecule has 0 aliphatic carbocycles. The van der Waals surface area contributed by atoms with E-state index in [1.165, 1.54) is 12.8 Å². The molecule has 0 amide bonds. The fourth-order valence-electron chi connectivity index (χ4n) is 1.66. The molecule has 1 rings (SSSR count). The summed E-state index contributed by atoms with van der Waals surface area (Å²) in [6.45, 7) is 4.08. The molecule has 1 atom stereocenters. The van der Waals surface area contributed by atoms with Gasteiger partial charge in [0.15, 0.2) is 0 Å². The van der Waals surface area contributed by atoms with Crippen molar-refractivity contribution in [3.05, 3.63) is 0 Å². The monoisotopic (exact) mass is 167 g/mol. The lowest BCUT2D eigenvalue weighted by Crippen LogP contribution is -2.44. The number of nitriles is 1. The molecule has 1 unspecified atom stereocenters. The van der Waals surface area contributed by atoms with Gasteiger partial charge >= 0.3 is 0 Å². The van der Waals surface area contributed by atoms with E-state index in [1.54, 1.807) is 0 Å². The summed E-state index contributed by atoms with van der Waals surface area (Å²) in [4.78, 5) is 2.24. The van der Waals surface area contributed by atoms with Crippen LogP contribution in [0.3, 0.4) is 0 Å². The fraction of sp³-hybridized carbons (Fsp3) is 0.889. The second kappa shape index (κ2) is 4.44. The number of likely N-dealkylation sites (tertiary alicyclic amines) is 1. The molecule has 0 aromatic rings. The van der Waals surface area contributed by atoms with Gasteiger partial charge in [0, 0.05) is 19.1 Å². The van der Waals surface area contributed by atoms with Crippen LogP contribution in [0.5, 0.6) is 0 Å². The number of nitrogens with zero attached hydrogens (tertiary/aromatic N) is 2. The van der Waals surface area contributed by atoms with E-state index >= 15 is 0 Å². The molecule has 0 radical (unpaired) electrons. The number of piperidine rings is 1. The third kappa shape index (κ3) is 2.20. The molecule has 0 aromatic heterocycles. The number of hydrogen-bond donors (Lipinski definition) is 1. The summed E-state index contributed by atoms with van der Waals surface area (Å²) in [5, 5.41) is 12.0. The predicted molar refractivity (Wildman–Crippen MR) is 48.7 cm³/mol. The molecular formula is C9H17N3. The Morgan fingerprint density at radius 1 is 1.50 bits per heavy atom. The van der Waals surface area contributed by atoms with Gasteiger partial charge in [-0.15, -0.1) is 0 Å². The molecule has 0 saturated carbocycles. The molecule has 1 saturated heterocycles. The summed E-state index contributed by atoms with van der Waals surface area (Å²) in [6, 6.07) is 3.02. The highest BCUT2D eigenvalue weighted by Crippen LogP contribution is 2.11. The minimum Gasteiger partial charge on any atom is -0.317 e. The van der Waals surface area contributed by atoms with Crippen molar-refractivity contribution >= 4 is 0 Å². The van der Waals surface area contributed by atoms with E-state index in [0.29, 0.717) is 6.04 Å². The third-order valence-corrected chi connectivity index (χ3v) is 2.67. The van der Waals surface area contributed by atoms with Crippen molar-refractivity contribution in [3.63, 3.8) is 0 Å². The zero-order valence-electron chi connectivity index (χ0n) is 7.88. The van der Waals surface area contributed by atoms with Gasteiger partial charge in [-0.3, -0.25) is 4.90 Å². The molecule has 68 valence electrons. The van der Waals surface area contributed by atoms with Crippen molar-refractivity contribution in [2.45, 2.75) is 31.8 Å². The van der Waals surface area contributed by atoms with Gasteiger partial charge in [0.1, 0.15) is 0 Å². The van der Waals surface area contributed by atoms with Gasteiger partial charge in [-0.1, -0.05) is 0 Å². The summed E-state index contributed by atoms with van der Waals surface area (Å²) in [5.74, 6) is 0. The molecule has 1 heterocycles. The van der Waals surface area contributed by atoms with Crippen molar-refractivity contribution in [3.8, 4) is 6.07 Å². The second-order valence-corrected chi connectivity index (χ2v) is 3.40. The lowest BCUT2D eigenvalue weighted by atomic mass is 10.0. The molecule has 3 heteroatoms. The Balaban J connectivity index is 2.31. The first-order valence-corrected chi connectivity index (χ1v) is 4.59. The largest absolute Gasteiger partial charge is 0.317 e. The number of nitrogens with one attached hydrogen (secondary N) is 1. The van der Waals surface area contributed by atoms with E-state index in [9.17, 15) is 0 Å². The van der Waals surface area contributed by atoms with Crippen LogP contribution in [0.4, 0.5) is 0 Å². The van der Waals surface area contributed by atoms with Gasteiger partial charge in [0.25, 0.3) is 0 Å². The maximum atomic E-state index is 8.70. The molecule has 0 spiro atoms. The molecule has 3 nitrogen and oxygen atoms in total. The zero-order valence-corrected chi connectivity index (χ0v) is 7.88. The van der Waals surface area contributed by atoms with Crippen molar-refractivity contribution in [1.29, 1.82) is 5.26 Å². The number of hydrogen-bond acceptors (Lipinski definition) is 3. The quantitative estimate of drug-likeness (QED) is 0.654. The zero-order chi connectivity index (χ0) is 8.97. The van der Waals surface area contributed by atoms with Crippen molar-refractivity contribution in [2.75, 3.05) is 20.1 Å². The van der Waals surface area contributed by atoms with Crippen LogP contribution in [0.1, 0.15) is 19.8 Å². The third-order valence-electron chi connectivity index (χ3n) is 2.67. The van der Waals surface area contributed by atoms with Crippen molar-refractivity contribution in [1.82, 2.24) is 10.2 Å². The summed E-state index contributed by atoms with van der Waals surface area (Å²) < 4.78 is 0. The highest BCUT2D eigenvalue weighted by molar-refractivity contribution is 4.90. The minimum absolute atomic E-state index is 0.0859.